The average molecular weight is 166 g/mol. The highest BCUT2D eigenvalue weighted by atomic mass is 14.4. The Balaban J connectivity index is 2.05. The summed E-state index contributed by atoms with van der Waals surface area (Å²) in [4.78, 5) is 0. The van der Waals surface area contributed by atoms with Crippen LogP contribution in [0, 0.1) is 23.7 Å². The molecule has 12 heavy (non-hydrogen) atoms. The summed E-state index contributed by atoms with van der Waals surface area (Å²) in [6, 6.07) is 0. The molecular formula is C12H22. The fraction of sp³-hybridized carbons (Fsp3) is 1.00. The SMILES string of the molecule is C[C@@H]1CCC[C@H]2C1CCC[C@H]2C. The molecular weight excluding hydrogens is 144 g/mol. The van der Waals surface area contributed by atoms with Crippen LogP contribution in [0.2, 0.25) is 0 Å². The Kier molecular flexibility index (Phi) is 2.43. The lowest BCUT2D eigenvalue weighted by Gasteiger charge is -2.43. The maximum absolute atomic E-state index is 2.48. The minimum Gasteiger partial charge on any atom is -0.0622 e. The van der Waals surface area contributed by atoms with Gasteiger partial charge in [-0.3, -0.25) is 0 Å². The summed E-state index contributed by atoms with van der Waals surface area (Å²) in [6.07, 6.45) is 9.10. The Bertz CT molecular complexity index is 132. The van der Waals surface area contributed by atoms with Crippen molar-refractivity contribution in [1.82, 2.24) is 0 Å². The Labute approximate surface area is 76.7 Å². The van der Waals surface area contributed by atoms with E-state index in [1.165, 1.54) is 38.5 Å². The van der Waals surface area contributed by atoms with Gasteiger partial charge in [-0.15, -0.1) is 0 Å². The van der Waals surface area contributed by atoms with Crippen LogP contribution in [0.5, 0.6) is 0 Å². The second-order valence-corrected chi connectivity index (χ2v) is 5.14. The van der Waals surface area contributed by atoms with E-state index in [-0.39, 0.29) is 0 Å². The van der Waals surface area contributed by atoms with Gasteiger partial charge in [0.1, 0.15) is 0 Å². The van der Waals surface area contributed by atoms with Crippen LogP contribution in [-0.4, -0.2) is 0 Å². The van der Waals surface area contributed by atoms with Gasteiger partial charge in [-0.1, -0.05) is 39.5 Å². The first-order chi connectivity index (χ1) is 5.79. The highest BCUT2D eigenvalue weighted by Gasteiger charge is 2.35. The molecule has 2 saturated carbocycles. The monoisotopic (exact) mass is 166 g/mol. The molecule has 1 unspecified atom stereocenters. The third kappa shape index (κ3) is 1.41. The van der Waals surface area contributed by atoms with Crippen LogP contribution in [0.25, 0.3) is 0 Å². The van der Waals surface area contributed by atoms with Gasteiger partial charge in [0.05, 0.1) is 0 Å². The van der Waals surface area contributed by atoms with Gasteiger partial charge in [0.25, 0.3) is 0 Å². The van der Waals surface area contributed by atoms with Crippen LogP contribution < -0.4 is 0 Å². The van der Waals surface area contributed by atoms with Gasteiger partial charge in [0, 0.05) is 0 Å². The van der Waals surface area contributed by atoms with Crippen molar-refractivity contribution in [1.29, 1.82) is 0 Å². The summed E-state index contributed by atoms with van der Waals surface area (Å²) in [5.41, 5.74) is 0. The second-order valence-electron chi connectivity index (χ2n) is 5.14. The quantitative estimate of drug-likeness (QED) is 0.512. The van der Waals surface area contributed by atoms with Crippen molar-refractivity contribution in [3.05, 3.63) is 0 Å². The first-order valence-corrected chi connectivity index (χ1v) is 5.79. The smallest absolute Gasteiger partial charge is 0.0358 e. The lowest BCUT2D eigenvalue weighted by Crippen LogP contribution is -2.34. The van der Waals surface area contributed by atoms with Crippen molar-refractivity contribution in [2.45, 2.75) is 52.4 Å². The second kappa shape index (κ2) is 3.40. The van der Waals surface area contributed by atoms with Gasteiger partial charge in [-0.2, -0.15) is 0 Å². The first kappa shape index (κ1) is 8.59. The summed E-state index contributed by atoms with van der Waals surface area (Å²) in [7, 11) is 0. The fourth-order valence-corrected chi connectivity index (χ4v) is 3.62. The fourth-order valence-electron chi connectivity index (χ4n) is 3.62. The summed E-state index contributed by atoms with van der Waals surface area (Å²) >= 11 is 0. The van der Waals surface area contributed by atoms with E-state index in [2.05, 4.69) is 13.8 Å². The molecule has 0 aromatic rings. The van der Waals surface area contributed by atoms with E-state index in [1.54, 1.807) is 0 Å². The summed E-state index contributed by atoms with van der Waals surface area (Å²) in [5.74, 6) is 4.27. The molecule has 0 heteroatoms. The standard InChI is InChI=1S/C12H22/c1-9-5-3-8-12-10(2)6-4-7-11(9)12/h9-12H,3-8H2,1-2H3/t9-,10-,11-,12?/m1/s1. The molecule has 0 saturated heterocycles. The molecule has 0 nitrogen and oxygen atoms in total. The number of hydrogen-bond donors (Lipinski definition) is 0. The predicted molar refractivity (Wildman–Crippen MR) is 53.0 cm³/mol. The Morgan fingerprint density at radius 3 is 1.50 bits per heavy atom. The normalized spacial score (nSPS) is 48.5. The van der Waals surface area contributed by atoms with E-state index in [0.717, 1.165) is 23.7 Å². The molecule has 0 spiro atoms. The van der Waals surface area contributed by atoms with Crippen LogP contribution >= 0.6 is 0 Å². The van der Waals surface area contributed by atoms with Gasteiger partial charge in [-0.25, -0.2) is 0 Å². The molecule has 2 fully saturated rings. The Hall–Kier alpha value is 0. The molecule has 0 aliphatic heterocycles. The maximum Gasteiger partial charge on any atom is -0.0358 e. The highest BCUT2D eigenvalue weighted by Crippen LogP contribution is 2.46. The molecule has 2 rings (SSSR count). The predicted octanol–water partition coefficient (Wildman–Crippen LogP) is 3.86. The molecule has 0 amide bonds. The van der Waals surface area contributed by atoms with E-state index in [1.807, 2.05) is 0 Å². The van der Waals surface area contributed by atoms with Gasteiger partial charge in [0.15, 0.2) is 0 Å². The van der Waals surface area contributed by atoms with Gasteiger partial charge in [0.2, 0.25) is 0 Å². The van der Waals surface area contributed by atoms with E-state index in [4.69, 9.17) is 0 Å². The lowest BCUT2D eigenvalue weighted by atomic mass is 9.62. The Morgan fingerprint density at radius 1 is 0.667 bits per heavy atom. The summed E-state index contributed by atoms with van der Waals surface area (Å²) in [6.45, 7) is 4.96. The van der Waals surface area contributed by atoms with E-state index < -0.39 is 0 Å². The molecule has 0 aromatic heterocycles. The van der Waals surface area contributed by atoms with Crippen molar-refractivity contribution in [2.24, 2.45) is 23.7 Å². The van der Waals surface area contributed by atoms with Crippen molar-refractivity contribution in [3.63, 3.8) is 0 Å². The molecule has 0 N–H and O–H groups in total. The van der Waals surface area contributed by atoms with Crippen LogP contribution in [0.3, 0.4) is 0 Å². The largest absolute Gasteiger partial charge is 0.0622 e. The molecule has 4 atom stereocenters. The molecule has 2 aliphatic carbocycles. The topological polar surface area (TPSA) is 0 Å². The Morgan fingerprint density at radius 2 is 1.08 bits per heavy atom. The maximum atomic E-state index is 2.48. The van der Waals surface area contributed by atoms with Gasteiger partial charge < -0.3 is 0 Å². The van der Waals surface area contributed by atoms with Crippen LogP contribution in [0.4, 0.5) is 0 Å². The highest BCUT2D eigenvalue weighted by molar-refractivity contribution is 4.86. The first-order valence-electron chi connectivity index (χ1n) is 5.79. The minimum absolute atomic E-state index is 1.03. The van der Waals surface area contributed by atoms with Gasteiger partial charge in [-0.05, 0) is 36.5 Å². The third-order valence-corrected chi connectivity index (χ3v) is 4.41. The summed E-state index contributed by atoms with van der Waals surface area (Å²) in [5, 5.41) is 0. The zero-order valence-corrected chi connectivity index (χ0v) is 8.55. The number of fused-ring (bicyclic) bond motifs is 1. The average Bonchev–Trinajstić information content (AvgIpc) is 2.07. The van der Waals surface area contributed by atoms with E-state index in [9.17, 15) is 0 Å². The van der Waals surface area contributed by atoms with Crippen molar-refractivity contribution in [3.8, 4) is 0 Å². The van der Waals surface area contributed by atoms with Crippen LogP contribution in [-0.2, 0) is 0 Å². The molecule has 0 heterocycles. The minimum atomic E-state index is 1.03. The van der Waals surface area contributed by atoms with Gasteiger partial charge >= 0.3 is 0 Å². The zero-order valence-electron chi connectivity index (χ0n) is 8.55. The molecule has 2 aliphatic rings. The van der Waals surface area contributed by atoms with Crippen molar-refractivity contribution >= 4 is 0 Å². The van der Waals surface area contributed by atoms with Crippen LogP contribution in [0.15, 0.2) is 0 Å². The number of hydrogen-bond acceptors (Lipinski definition) is 0. The van der Waals surface area contributed by atoms with E-state index >= 15 is 0 Å². The lowest BCUT2D eigenvalue weighted by molar-refractivity contribution is 0.0702. The zero-order chi connectivity index (χ0) is 8.55. The third-order valence-electron chi connectivity index (χ3n) is 4.41. The molecule has 0 radical (unpaired) electrons. The van der Waals surface area contributed by atoms with Crippen molar-refractivity contribution in [2.75, 3.05) is 0 Å². The molecule has 0 bridgehead atoms. The van der Waals surface area contributed by atoms with E-state index in [0.29, 0.717) is 0 Å². The molecule has 0 aromatic carbocycles. The number of rotatable bonds is 0. The molecule has 70 valence electrons. The van der Waals surface area contributed by atoms with Crippen LogP contribution in [0.1, 0.15) is 52.4 Å². The van der Waals surface area contributed by atoms with Crippen molar-refractivity contribution < 1.29 is 0 Å². The summed E-state index contributed by atoms with van der Waals surface area (Å²) < 4.78 is 0.